The quantitative estimate of drug-likeness (QED) is 0.905. The van der Waals surface area contributed by atoms with Gasteiger partial charge >= 0.3 is 5.97 Å². The fraction of sp³-hybridized carbons (Fsp3) is 0.154. The van der Waals surface area contributed by atoms with Crippen molar-refractivity contribution in [3.8, 4) is 0 Å². The first-order valence-corrected chi connectivity index (χ1v) is 6.40. The van der Waals surface area contributed by atoms with Gasteiger partial charge in [0.2, 0.25) is 0 Å². The van der Waals surface area contributed by atoms with Crippen LogP contribution in [-0.2, 0) is 6.54 Å². The predicted molar refractivity (Wildman–Crippen MR) is 75.2 cm³/mol. The molecular weight excluding hydrogens is 310 g/mol. The van der Waals surface area contributed by atoms with Gasteiger partial charge in [-0.3, -0.25) is 9.97 Å². The molecule has 0 aliphatic heterocycles. The number of anilines is 1. The van der Waals surface area contributed by atoms with E-state index in [-0.39, 0.29) is 5.56 Å². The Kier molecular flexibility index (Phi) is 4.11. The molecule has 0 amide bonds. The number of aromatic nitrogens is 2. The van der Waals surface area contributed by atoms with Crippen LogP contribution in [0.5, 0.6) is 0 Å². The maximum atomic E-state index is 10.8. The molecule has 2 N–H and O–H groups in total. The fourth-order valence-corrected chi connectivity index (χ4v) is 2.01. The molecule has 0 atom stereocenters. The molecule has 1 aromatic heterocycles. The minimum Gasteiger partial charge on any atom is -0.478 e. The Bertz CT molecular complexity index is 599. The molecule has 0 radical (unpaired) electrons. The van der Waals surface area contributed by atoms with Crippen molar-refractivity contribution in [1.29, 1.82) is 0 Å². The van der Waals surface area contributed by atoms with Crippen molar-refractivity contribution in [3.05, 3.63) is 52.0 Å². The summed E-state index contributed by atoms with van der Waals surface area (Å²) in [4.78, 5) is 19.2. The smallest absolute Gasteiger partial charge is 0.335 e. The van der Waals surface area contributed by atoms with E-state index in [4.69, 9.17) is 5.11 Å². The average Bonchev–Trinajstić information content (AvgIpc) is 2.39. The number of aryl methyl sites for hydroxylation is 1. The lowest BCUT2D eigenvalue weighted by atomic mass is 10.2. The van der Waals surface area contributed by atoms with Crippen molar-refractivity contribution in [2.45, 2.75) is 13.5 Å². The molecule has 0 aliphatic carbocycles. The highest BCUT2D eigenvalue weighted by Crippen LogP contribution is 2.24. The predicted octanol–water partition coefficient (Wildman–Crippen LogP) is 2.86. The molecule has 0 fully saturated rings. The van der Waals surface area contributed by atoms with Crippen molar-refractivity contribution in [2.24, 2.45) is 0 Å². The molecule has 0 bridgehead atoms. The number of nitrogens with one attached hydrogen (secondary N) is 1. The highest BCUT2D eigenvalue weighted by atomic mass is 79.9. The third-order valence-electron chi connectivity index (χ3n) is 2.51. The van der Waals surface area contributed by atoms with Gasteiger partial charge in [0.1, 0.15) is 0 Å². The van der Waals surface area contributed by atoms with Crippen LogP contribution in [0, 0.1) is 6.92 Å². The summed E-state index contributed by atoms with van der Waals surface area (Å²) in [6, 6.07) is 4.83. The van der Waals surface area contributed by atoms with Gasteiger partial charge in [-0.05, 0) is 41.1 Å². The van der Waals surface area contributed by atoms with Crippen LogP contribution in [0.3, 0.4) is 0 Å². The van der Waals surface area contributed by atoms with Crippen LogP contribution in [0.4, 0.5) is 5.69 Å². The zero-order chi connectivity index (χ0) is 13.8. The normalized spacial score (nSPS) is 10.2. The summed E-state index contributed by atoms with van der Waals surface area (Å²) in [5, 5.41) is 12.0. The van der Waals surface area contributed by atoms with E-state index >= 15 is 0 Å². The lowest BCUT2D eigenvalue weighted by molar-refractivity contribution is 0.0697. The third-order valence-corrected chi connectivity index (χ3v) is 3.17. The molecule has 98 valence electrons. The topological polar surface area (TPSA) is 75.1 Å². The van der Waals surface area contributed by atoms with E-state index in [1.54, 1.807) is 30.6 Å². The second kappa shape index (κ2) is 5.79. The second-order valence-corrected chi connectivity index (χ2v) is 4.86. The van der Waals surface area contributed by atoms with Gasteiger partial charge in [0.05, 0.1) is 29.7 Å². The molecule has 1 heterocycles. The number of carbonyl (C=O) groups is 1. The van der Waals surface area contributed by atoms with Crippen molar-refractivity contribution in [2.75, 3.05) is 5.32 Å². The molecule has 6 heteroatoms. The summed E-state index contributed by atoms with van der Waals surface area (Å²) in [7, 11) is 0. The van der Waals surface area contributed by atoms with Crippen LogP contribution >= 0.6 is 15.9 Å². The number of aromatic carboxylic acids is 1. The van der Waals surface area contributed by atoms with Gasteiger partial charge in [0.15, 0.2) is 0 Å². The Hall–Kier alpha value is -1.95. The number of halogens is 1. The van der Waals surface area contributed by atoms with Crippen molar-refractivity contribution in [1.82, 2.24) is 9.97 Å². The Morgan fingerprint density at radius 1 is 1.37 bits per heavy atom. The fourth-order valence-electron chi connectivity index (χ4n) is 1.49. The standard InChI is InChI=1S/C13H12BrN3O2/c1-8-5-16-10(6-15-8)7-17-12-3-2-9(13(18)19)4-11(12)14/h2-6,17H,7H2,1H3,(H,18,19). The summed E-state index contributed by atoms with van der Waals surface area (Å²) < 4.78 is 0.701. The Morgan fingerprint density at radius 3 is 2.74 bits per heavy atom. The molecule has 2 rings (SSSR count). The number of carboxylic acids is 1. The van der Waals surface area contributed by atoms with E-state index in [0.29, 0.717) is 11.0 Å². The molecule has 0 spiro atoms. The largest absolute Gasteiger partial charge is 0.478 e. The highest BCUT2D eigenvalue weighted by molar-refractivity contribution is 9.10. The summed E-state index contributed by atoms with van der Waals surface area (Å²) in [6.07, 6.45) is 3.42. The maximum Gasteiger partial charge on any atom is 0.335 e. The van der Waals surface area contributed by atoms with E-state index in [2.05, 4.69) is 31.2 Å². The van der Waals surface area contributed by atoms with Crippen LogP contribution in [-0.4, -0.2) is 21.0 Å². The van der Waals surface area contributed by atoms with Gasteiger partial charge in [-0.15, -0.1) is 0 Å². The van der Waals surface area contributed by atoms with Gasteiger partial charge in [-0.1, -0.05) is 0 Å². The SMILES string of the molecule is Cc1cnc(CNc2ccc(C(=O)O)cc2Br)cn1. The minimum absolute atomic E-state index is 0.243. The number of hydrogen-bond acceptors (Lipinski definition) is 4. The molecule has 0 unspecified atom stereocenters. The molecular formula is C13H12BrN3O2. The van der Waals surface area contributed by atoms with Gasteiger partial charge in [-0.2, -0.15) is 0 Å². The van der Waals surface area contributed by atoms with Crippen LogP contribution in [0.1, 0.15) is 21.7 Å². The molecule has 0 saturated carbocycles. The average molecular weight is 322 g/mol. The number of carboxylic acid groups (broad SMARTS) is 1. The van der Waals surface area contributed by atoms with Gasteiger partial charge in [0.25, 0.3) is 0 Å². The van der Waals surface area contributed by atoms with Crippen LogP contribution < -0.4 is 5.32 Å². The Labute approximate surface area is 118 Å². The van der Waals surface area contributed by atoms with Crippen LogP contribution in [0.2, 0.25) is 0 Å². The van der Waals surface area contributed by atoms with Gasteiger partial charge < -0.3 is 10.4 Å². The summed E-state index contributed by atoms with van der Waals surface area (Å²) >= 11 is 3.34. The highest BCUT2D eigenvalue weighted by Gasteiger charge is 2.06. The third kappa shape index (κ3) is 3.51. The first-order chi connectivity index (χ1) is 9.06. The van der Waals surface area contributed by atoms with E-state index < -0.39 is 5.97 Å². The second-order valence-electron chi connectivity index (χ2n) is 4.00. The van der Waals surface area contributed by atoms with Crippen molar-refractivity contribution >= 4 is 27.6 Å². The van der Waals surface area contributed by atoms with E-state index in [1.165, 1.54) is 0 Å². The number of nitrogens with zero attached hydrogens (tertiary/aromatic N) is 2. The number of rotatable bonds is 4. The molecule has 5 nitrogen and oxygen atoms in total. The first-order valence-electron chi connectivity index (χ1n) is 5.60. The molecule has 0 aliphatic rings. The van der Waals surface area contributed by atoms with Gasteiger partial charge in [0, 0.05) is 16.4 Å². The van der Waals surface area contributed by atoms with Crippen LogP contribution in [0.25, 0.3) is 0 Å². The zero-order valence-electron chi connectivity index (χ0n) is 10.2. The molecule has 0 saturated heterocycles. The summed E-state index contributed by atoms with van der Waals surface area (Å²) in [5.41, 5.74) is 2.75. The van der Waals surface area contributed by atoms with E-state index in [9.17, 15) is 4.79 Å². The lowest BCUT2D eigenvalue weighted by Gasteiger charge is -2.08. The van der Waals surface area contributed by atoms with E-state index in [1.807, 2.05) is 6.92 Å². The monoisotopic (exact) mass is 321 g/mol. The van der Waals surface area contributed by atoms with Gasteiger partial charge in [-0.25, -0.2) is 4.79 Å². The lowest BCUT2D eigenvalue weighted by Crippen LogP contribution is -2.04. The van der Waals surface area contributed by atoms with Crippen molar-refractivity contribution in [3.63, 3.8) is 0 Å². The summed E-state index contributed by atoms with van der Waals surface area (Å²) in [5.74, 6) is -0.948. The van der Waals surface area contributed by atoms with Crippen LogP contribution in [0.15, 0.2) is 35.1 Å². The number of benzene rings is 1. The maximum absolute atomic E-state index is 10.8. The van der Waals surface area contributed by atoms with Crippen molar-refractivity contribution < 1.29 is 9.90 Å². The zero-order valence-corrected chi connectivity index (χ0v) is 11.8. The Balaban J connectivity index is 2.07. The molecule has 19 heavy (non-hydrogen) atoms. The summed E-state index contributed by atoms with van der Waals surface area (Å²) in [6.45, 7) is 2.41. The number of hydrogen-bond donors (Lipinski definition) is 2. The minimum atomic E-state index is -0.948. The molecule has 2 aromatic rings. The first kappa shape index (κ1) is 13.5. The van der Waals surface area contributed by atoms with E-state index in [0.717, 1.165) is 17.1 Å². The Morgan fingerprint density at radius 2 is 2.16 bits per heavy atom. The molecule has 1 aromatic carbocycles.